The fraction of sp³-hybridized carbons (Fsp3) is 0.538. The van der Waals surface area contributed by atoms with Crippen molar-refractivity contribution in [3.8, 4) is 0 Å². The minimum Gasteiger partial charge on any atom is -0.207 e. The van der Waals surface area contributed by atoms with Crippen molar-refractivity contribution in [3.05, 3.63) is 64.5 Å². The average Bonchev–Trinajstić information content (AvgIpc) is 2.72. The molecular weight excluding hydrogens is 420 g/mol. The van der Waals surface area contributed by atoms with Crippen molar-refractivity contribution in [1.82, 2.24) is 0 Å². The maximum absolute atomic E-state index is 15.4. The van der Waals surface area contributed by atoms with E-state index in [1.807, 2.05) is 13.0 Å². The van der Waals surface area contributed by atoms with Gasteiger partial charge in [0.05, 0.1) is 10.3 Å². The first kappa shape index (κ1) is 22.7. The molecule has 31 heavy (non-hydrogen) atoms. The average molecular weight is 451 g/mol. The van der Waals surface area contributed by atoms with Crippen molar-refractivity contribution in [1.29, 1.82) is 0 Å². The van der Waals surface area contributed by atoms with E-state index in [9.17, 15) is 13.2 Å². The second-order valence-electron chi connectivity index (χ2n) is 9.35. The lowest BCUT2D eigenvalue weighted by Crippen LogP contribution is -2.47. The van der Waals surface area contributed by atoms with Crippen LogP contribution in [0.25, 0.3) is 0 Å². The molecule has 1 saturated carbocycles. The monoisotopic (exact) mass is 450 g/mol. The summed E-state index contributed by atoms with van der Waals surface area (Å²) in [5.41, 5.74) is 2.41. The van der Waals surface area contributed by atoms with Crippen molar-refractivity contribution >= 4 is 11.8 Å². The fourth-order valence-electron chi connectivity index (χ4n) is 6.06. The van der Waals surface area contributed by atoms with E-state index in [1.54, 1.807) is 30.0 Å². The van der Waals surface area contributed by atoms with Crippen LogP contribution >= 0.6 is 11.8 Å². The van der Waals surface area contributed by atoms with Gasteiger partial charge in [-0.3, -0.25) is 0 Å². The molecule has 0 radical (unpaired) electrons. The van der Waals surface area contributed by atoms with Gasteiger partial charge in [-0.1, -0.05) is 32.8 Å². The third-order valence-corrected chi connectivity index (χ3v) is 9.13. The van der Waals surface area contributed by atoms with Crippen molar-refractivity contribution in [3.63, 3.8) is 0 Å². The molecule has 0 heterocycles. The summed E-state index contributed by atoms with van der Waals surface area (Å²) in [6.45, 7) is 6.56. The number of aryl methyl sites for hydroxylation is 1. The van der Waals surface area contributed by atoms with Crippen LogP contribution in [0.4, 0.5) is 17.6 Å². The van der Waals surface area contributed by atoms with Gasteiger partial charge in [0.1, 0.15) is 5.82 Å². The molecule has 2 aromatic carbocycles. The van der Waals surface area contributed by atoms with Crippen LogP contribution in [-0.2, 0) is 17.3 Å². The summed E-state index contributed by atoms with van der Waals surface area (Å²) in [7, 11) is 0. The van der Waals surface area contributed by atoms with Crippen LogP contribution in [0.5, 0.6) is 0 Å². The van der Waals surface area contributed by atoms with Gasteiger partial charge in [-0.15, -0.1) is 11.8 Å². The first-order valence-corrected chi connectivity index (χ1v) is 12.1. The summed E-state index contributed by atoms with van der Waals surface area (Å²) in [5.74, 6) is 1.26. The molecule has 2 aromatic rings. The highest BCUT2D eigenvalue weighted by molar-refractivity contribution is 8.00. The van der Waals surface area contributed by atoms with E-state index in [0.29, 0.717) is 17.8 Å². The molecule has 0 spiro atoms. The Morgan fingerprint density at radius 2 is 1.77 bits per heavy atom. The molecule has 0 bridgehead atoms. The lowest BCUT2D eigenvalue weighted by molar-refractivity contribution is -0.137. The highest BCUT2D eigenvalue weighted by Crippen LogP contribution is 2.62. The van der Waals surface area contributed by atoms with Gasteiger partial charge >= 0.3 is 6.18 Å². The zero-order valence-corrected chi connectivity index (χ0v) is 19.2. The lowest BCUT2D eigenvalue weighted by atomic mass is 9.58. The van der Waals surface area contributed by atoms with Crippen LogP contribution in [-0.4, -0.2) is 0 Å². The van der Waals surface area contributed by atoms with Crippen LogP contribution in [0.15, 0.2) is 41.3 Å². The standard InChI is InChI=1S/C26H30F4S/c1-4-5-20-17(3)14-15-25(31-19-9-7-18(8-10-19)26(28,29)30)22(20)12-11-21-16(2)6-13-23(27)24(21)25/h6-10,13,17,20,22H,4-5,11-12,14-15H2,1-3H3. The number of benzene rings is 2. The Hall–Kier alpha value is -1.49. The predicted octanol–water partition coefficient (Wildman–Crippen LogP) is 8.55. The van der Waals surface area contributed by atoms with Crippen molar-refractivity contribution < 1.29 is 17.6 Å². The highest BCUT2D eigenvalue weighted by atomic mass is 32.2. The Morgan fingerprint density at radius 3 is 2.42 bits per heavy atom. The molecule has 0 saturated heterocycles. The third-order valence-electron chi connectivity index (χ3n) is 7.55. The summed E-state index contributed by atoms with van der Waals surface area (Å²) in [4.78, 5) is 0.788. The van der Waals surface area contributed by atoms with Crippen molar-refractivity contribution in [2.75, 3.05) is 0 Å². The second-order valence-corrected chi connectivity index (χ2v) is 10.7. The number of hydrogen-bond donors (Lipinski definition) is 0. The van der Waals surface area contributed by atoms with Crippen molar-refractivity contribution in [2.45, 2.75) is 75.1 Å². The summed E-state index contributed by atoms with van der Waals surface area (Å²) in [5, 5.41) is 0. The number of rotatable bonds is 4. The molecule has 0 amide bonds. The molecule has 0 nitrogen and oxygen atoms in total. The first-order valence-electron chi connectivity index (χ1n) is 11.3. The molecule has 2 aliphatic rings. The van der Waals surface area contributed by atoms with E-state index in [1.165, 1.54) is 0 Å². The molecule has 4 atom stereocenters. The highest BCUT2D eigenvalue weighted by Gasteiger charge is 2.53. The zero-order valence-electron chi connectivity index (χ0n) is 18.4. The van der Waals surface area contributed by atoms with Gasteiger partial charge in [0.15, 0.2) is 0 Å². The third kappa shape index (κ3) is 4.03. The Labute approximate surface area is 186 Å². The van der Waals surface area contributed by atoms with Gasteiger partial charge in [-0.2, -0.15) is 13.2 Å². The Kier molecular flexibility index (Phi) is 6.19. The largest absolute Gasteiger partial charge is 0.416 e. The number of alkyl halides is 3. The lowest BCUT2D eigenvalue weighted by Gasteiger charge is -2.54. The molecule has 2 aliphatic carbocycles. The fourth-order valence-corrected chi connectivity index (χ4v) is 7.74. The quantitative estimate of drug-likeness (QED) is 0.421. The number of halogens is 4. The van der Waals surface area contributed by atoms with E-state index < -0.39 is 16.5 Å². The van der Waals surface area contributed by atoms with E-state index in [-0.39, 0.29) is 5.82 Å². The molecule has 4 unspecified atom stereocenters. The SMILES string of the molecule is CCCC1C(C)CCC2(Sc3ccc(C(F)(F)F)cc3)c3c(F)ccc(C)c3CCC12. The van der Waals surface area contributed by atoms with Gasteiger partial charge < -0.3 is 0 Å². The maximum Gasteiger partial charge on any atom is 0.416 e. The molecule has 168 valence electrons. The zero-order chi connectivity index (χ0) is 22.4. The number of thioether (sulfide) groups is 1. The Bertz CT molecular complexity index is 934. The minimum atomic E-state index is -4.35. The molecule has 1 fully saturated rings. The van der Waals surface area contributed by atoms with E-state index in [2.05, 4.69) is 13.8 Å². The number of hydrogen-bond acceptors (Lipinski definition) is 1. The van der Waals surface area contributed by atoms with Crippen molar-refractivity contribution in [2.24, 2.45) is 17.8 Å². The van der Waals surface area contributed by atoms with Crippen LogP contribution in [0.2, 0.25) is 0 Å². The maximum atomic E-state index is 15.4. The minimum absolute atomic E-state index is 0.158. The van der Waals surface area contributed by atoms with Crippen LogP contribution in [0.3, 0.4) is 0 Å². The van der Waals surface area contributed by atoms with E-state index in [4.69, 9.17) is 0 Å². The van der Waals surface area contributed by atoms with Gasteiger partial charge in [-0.25, -0.2) is 4.39 Å². The normalized spacial score (nSPS) is 28.2. The van der Waals surface area contributed by atoms with Gasteiger partial charge in [0.25, 0.3) is 0 Å². The second kappa shape index (κ2) is 8.46. The van der Waals surface area contributed by atoms with Gasteiger partial charge in [-0.05, 0) is 91.8 Å². The van der Waals surface area contributed by atoms with Crippen LogP contribution in [0.1, 0.15) is 68.2 Å². The van der Waals surface area contributed by atoms with Crippen LogP contribution < -0.4 is 0 Å². The predicted molar refractivity (Wildman–Crippen MR) is 119 cm³/mol. The molecular formula is C26H30F4S. The molecule has 0 N–H and O–H groups in total. The smallest absolute Gasteiger partial charge is 0.207 e. The summed E-state index contributed by atoms with van der Waals surface area (Å²) in [6, 6.07) is 8.87. The summed E-state index contributed by atoms with van der Waals surface area (Å²) in [6.07, 6.45) is 1.63. The molecule has 4 rings (SSSR count). The molecule has 0 aliphatic heterocycles. The molecule has 0 aromatic heterocycles. The topological polar surface area (TPSA) is 0 Å². The summed E-state index contributed by atoms with van der Waals surface area (Å²) >= 11 is 1.61. The van der Waals surface area contributed by atoms with Crippen LogP contribution in [0, 0.1) is 30.5 Å². The first-order chi connectivity index (χ1) is 14.7. The summed E-state index contributed by atoms with van der Waals surface area (Å²) < 4.78 is 54.2. The van der Waals surface area contributed by atoms with Gasteiger partial charge in [0.2, 0.25) is 0 Å². The van der Waals surface area contributed by atoms with E-state index >= 15 is 4.39 Å². The Morgan fingerprint density at radius 1 is 1.06 bits per heavy atom. The number of fused-ring (bicyclic) bond motifs is 3. The molecule has 5 heteroatoms. The van der Waals surface area contributed by atoms with Gasteiger partial charge in [0, 0.05) is 10.5 Å². The Balaban J connectivity index is 1.82. The van der Waals surface area contributed by atoms with E-state index in [0.717, 1.165) is 72.2 Å².